The topological polar surface area (TPSA) is 26.3 Å². The van der Waals surface area contributed by atoms with E-state index in [9.17, 15) is 4.79 Å². The molecule has 0 bridgehead atoms. The largest absolute Gasteiger partial charge is 0.450 e. The molecule has 0 heterocycles. The van der Waals surface area contributed by atoms with E-state index < -0.39 is 5.43 Å². The van der Waals surface area contributed by atoms with Crippen molar-refractivity contribution in [2.75, 3.05) is 0 Å². The van der Waals surface area contributed by atoms with Crippen LogP contribution in [0.2, 0.25) is 0 Å². The molecule has 2 nitrogen and oxygen atoms in total. The maximum Gasteiger partial charge on any atom is 0.404 e. The summed E-state index contributed by atoms with van der Waals surface area (Å²) in [6.45, 7) is 12.5. The van der Waals surface area contributed by atoms with Gasteiger partial charge in [-0.3, -0.25) is 0 Å². The van der Waals surface area contributed by atoms with Gasteiger partial charge in [0.15, 0.2) is 0 Å². The zero-order chi connectivity index (χ0) is 22.4. The van der Waals surface area contributed by atoms with Crippen LogP contribution in [-0.2, 0) is 4.74 Å². The van der Waals surface area contributed by atoms with Crippen LogP contribution in [0.15, 0.2) is 11.6 Å². The van der Waals surface area contributed by atoms with Gasteiger partial charge in [0.25, 0.3) is 0 Å². The Bertz CT molecular complexity index is 699. The Morgan fingerprint density at radius 3 is 2.58 bits per heavy atom. The van der Waals surface area contributed by atoms with Gasteiger partial charge in [-0.25, -0.2) is 4.79 Å². The monoisotopic (exact) mass is 448 g/mol. The van der Waals surface area contributed by atoms with Crippen LogP contribution >= 0.6 is 11.6 Å². The summed E-state index contributed by atoms with van der Waals surface area (Å²) < 4.78 is 5.38. The second-order valence-corrected chi connectivity index (χ2v) is 12.8. The van der Waals surface area contributed by atoms with Crippen molar-refractivity contribution in [3.63, 3.8) is 0 Å². The summed E-state index contributed by atoms with van der Waals surface area (Å²) in [5.41, 5.74) is 1.77. The van der Waals surface area contributed by atoms with E-state index in [4.69, 9.17) is 16.3 Å². The number of rotatable bonds is 6. The van der Waals surface area contributed by atoms with Crippen LogP contribution in [0.25, 0.3) is 0 Å². The van der Waals surface area contributed by atoms with Gasteiger partial charge >= 0.3 is 5.43 Å². The fourth-order valence-corrected chi connectivity index (χ4v) is 9.01. The first kappa shape index (κ1) is 23.7. The minimum Gasteiger partial charge on any atom is -0.450 e. The third-order valence-corrected chi connectivity index (χ3v) is 10.6. The molecule has 0 spiro atoms. The van der Waals surface area contributed by atoms with Gasteiger partial charge < -0.3 is 4.74 Å². The molecule has 0 radical (unpaired) electrons. The standard InChI is InChI=1S/C28H45ClO2/c1-18(2)7-6-8-19(3)23-11-12-24-22-10-9-20-17-21(31-26(29)30)13-15-27(20,4)25(22)14-16-28(23,24)5/h9,18-19,21-25H,6-8,10-17H2,1-5H3/t19-,21+,22+,23-,24+,25-,27+,28-/m1/s1. The summed E-state index contributed by atoms with van der Waals surface area (Å²) in [5, 5.41) is 0. The molecule has 4 rings (SSSR count). The SMILES string of the molecule is CC(C)CCC[C@@H](C)[C@H]1CC[C@H]2[C@@H]3CC=C4C[C@@H](OC(=O)Cl)CC[C@]4(C)[C@@H]3CC[C@]12C. The van der Waals surface area contributed by atoms with Crippen LogP contribution in [0.5, 0.6) is 0 Å². The maximum absolute atomic E-state index is 11.2. The Labute approximate surface area is 195 Å². The summed E-state index contributed by atoms with van der Waals surface area (Å²) in [6, 6.07) is 0. The molecule has 176 valence electrons. The molecule has 0 aliphatic heterocycles. The fourth-order valence-electron chi connectivity index (χ4n) is 8.88. The normalized spacial score (nSPS) is 42.9. The number of fused-ring (bicyclic) bond motifs is 5. The molecule has 4 aliphatic rings. The summed E-state index contributed by atoms with van der Waals surface area (Å²) >= 11 is 5.51. The third-order valence-electron chi connectivity index (χ3n) is 10.5. The van der Waals surface area contributed by atoms with Crippen molar-refractivity contribution in [3.8, 4) is 0 Å². The minimum atomic E-state index is -0.643. The molecule has 0 aromatic rings. The van der Waals surface area contributed by atoms with Crippen molar-refractivity contribution in [2.24, 2.45) is 46.3 Å². The van der Waals surface area contributed by atoms with Gasteiger partial charge in [-0.1, -0.05) is 65.5 Å². The zero-order valence-electron chi connectivity index (χ0n) is 20.6. The van der Waals surface area contributed by atoms with Crippen molar-refractivity contribution in [3.05, 3.63) is 11.6 Å². The molecule has 0 N–H and O–H groups in total. The van der Waals surface area contributed by atoms with E-state index in [2.05, 4.69) is 40.7 Å². The average Bonchev–Trinajstić information content (AvgIpc) is 3.05. The summed E-state index contributed by atoms with van der Waals surface area (Å²) in [5.74, 6) is 5.19. The van der Waals surface area contributed by atoms with Crippen LogP contribution in [-0.4, -0.2) is 11.5 Å². The molecule has 3 heteroatoms. The maximum atomic E-state index is 11.2. The predicted octanol–water partition coefficient (Wildman–Crippen LogP) is 8.77. The molecule has 0 aromatic carbocycles. The van der Waals surface area contributed by atoms with Gasteiger partial charge in [-0.2, -0.15) is 0 Å². The molecule has 4 aliphatic carbocycles. The van der Waals surface area contributed by atoms with Crippen LogP contribution in [0.1, 0.15) is 105 Å². The molecule has 0 unspecified atom stereocenters. The second-order valence-electron chi connectivity index (χ2n) is 12.5. The summed E-state index contributed by atoms with van der Waals surface area (Å²) in [6.07, 6.45) is 16.7. The number of carbonyl (C=O) groups is 1. The van der Waals surface area contributed by atoms with Crippen molar-refractivity contribution < 1.29 is 9.53 Å². The van der Waals surface area contributed by atoms with E-state index in [0.29, 0.717) is 10.8 Å². The van der Waals surface area contributed by atoms with Crippen molar-refractivity contribution in [1.82, 2.24) is 0 Å². The van der Waals surface area contributed by atoms with Crippen molar-refractivity contribution in [1.29, 1.82) is 0 Å². The Morgan fingerprint density at radius 2 is 1.87 bits per heavy atom. The molecule has 0 saturated heterocycles. The van der Waals surface area contributed by atoms with E-state index >= 15 is 0 Å². The lowest BCUT2D eigenvalue weighted by Gasteiger charge is -2.58. The highest BCUT2D eigenvalue weighted by atomic mass is 35.5. The minimum absolute atomic E-state index is 0.0164. The quantitative estimate of drug-likeness (QED) is 0.299. The van der Waals surface area contributed by atoms with Crippen LogP contribution in [0, 0.1) is 46.3 Å². The van der Waals surface area contributed by atoms with E-state index in [1.807, 2.05) is 0 Å². The average molecular weight is 449 g/mol. The lowest BCUT2D eigenvalue weighted by atomic mass is 9.47. The molecular formula is C28H45ClO2. The molecule has 31 heavy (non-hydrogen) atoms. The van der Waals surface area contributed by atoms with Gasteiger partial charge in [0.05, 0.1) is 0 Å². The number of hydrogen-bond donors (Lipinski definition) is 0. The lowest BCUT2D eigenvalue weighted by molar-refractivity contribution is -0.0573. The van der Waals surface area contributed by atoms with Crippen LogP contribution in [0.3, 0.4) is 0 Å². The van der Waals surface area contributed by atoms with Crippen LogP contribution < -0.4 is 0 Å². The van der Waals surface area contributed by atoms with Gasteiger partial charge in [-0.05, 0) is 91.3 Å². The first-order valence-electron chi connectivity index (χ1n) is 13.2. The molecule has 3 fully saturated rings. The molecule has 8 atom stereocenters. The Morgan fingerprint density at radius 1 is 1.10 bits per heavy atom. The zero-order valence-corrected chi connectivity index (χ0v) is 21.3. The Balaban J connectivity index is 1.47. The number of allylic oxidation sites excluding steroid dienone is 1. The van der Waals surface area contributed by atoms with E-state index in [-0.39, 0.29) is 6.10 Å². The highest BCUT2D eigenvalue weighted by molar-refractivity contribution is 6.61. The lowest BCUT2D eigenvalue weighted by Crippen LogP contribution is -2.51. The first-order valence-corrected chi connectivity index (χ1v) is 13.6. The van der Waals surface area contributed by atoms with E-state index in [0.717, 1.165) is 54.8 Å². The highest BCUT2D eigenvalue weighted by Crippen LogP contribution is 2.67. The molecule has 3 saturated carbocycles. The van der Waals surface area contributed by atoms with Gasteiger partial charge in [0.1, 0.15) is 6.10 Å². The van der Waals surface area contributed by atoms with Crippen LogP contribution in [0.4, 0.5) is 4.79 Å². The number of halogens is 1. The number of ether oxygens (including phenoxy) is 1. The summed E-state index contributed by atoms with van der Waals surface area (Å²) in [7, 11) is 0. The van der Waals surface area contributed by atoms with E-state index in [1.54, 1.807) is 5.57 Å². The highest BCUT2D eigenvalue weighted by Gasteiger charge is 2.59. The van der Waals surface area contributed by atoms with Gasteiger partial charge in [-0.15, -0.1) is 0 Å². The van der Waals surface area contributed by atoms with Gasteiger partial charge in [0, 0.05) is 18.0 Å². The first-order chi connectivity index (χ1) is 14.6. The van der Waals surface area contributed by atoms with Gasteiger partial charge in [0.2, 0.25) is 0 Å². The predicted molar refractivity (Wildman–Crippen MR) is 129 cm³/mol. The molecule has 0 aromatic heterocycles. The molecule has 0 amide bonds. The third kappa shape index (κ3) is 4.36. The fraction of sp³-hybridized carbons (Fsp3) is 0.893. The Hall–Kier alpha value is -0.500. The summed E-state index contributed by atoms with van der Waals surface area (Å²) in [4.78, 5) is 11.2. The molecular weight excluding hydrogens is 404 g/mol. The Kier molecular flexibility index (Phi) is 6.89. The van der Waals surface area contributed by atoms with Crippen molar-refractivity contribution in [2.45, 2.75) is 111 Å². The van der Waals surface area contributed by atoms with Crippen molar-refractivity contribution >= 4 is 17.0 Å². The van der Waals surface area contributed by atoms with E-state index in [1.165, 1.54) is 51.4 Å². The second kappa shape index (κ2) is 9.03. The number of carbonyl (C=O) groups excluding carboxylic acids is 1. The smallest absolute Gasteiger partial charge is 0.404 e. The number of hydrogen-bond acceptors (Lipinski definition) is 2.